The Bertz CT molecular complexity index is 216. The van der Waals surface area contributed by atoms with Gasteiger partial charge >= 0.3 is 0 Å². The maximum absolute atomic E-state index is 5.45. The molecule has 1 N–H and O–H groups in total. The van der Waals surface area contributed by atoms with Crippen LogP contribution in [0.5, 0.6) is 0 Å². The van der Waals surface area contributed by atoms with Gasteiger partial charge in [-0.15, -0.1) is 0 Å². The molecular formula is C12H22N2O. The second-order valence-corrected chi connectivity index (χ2v) is 5.42. The van der Waals surface area contributed by atoms with E-state index < -0.39 is 0 Å². The third-order valence-corrected chi connectivity index (χ3v) is 4.15. The van der Waals surface area contributed by atoms with Crippen molar-refractivity contribution in [3.63, 3.8) is 0 Å². The summed E-state index contributed by atoms with van der Waals surface area (Å²) in [7, 11) is 0. The van der Waals surface area contributed by atoms with Crippen LogP contribution in [0.3, 0.4) is 0 Å². The van der Waals surface area contributed by atoms with Crippen molar-refractivity contribution in [1.29, 1.82) is 0 Å². The van der Waals surface area contributed by atoms with Gasteiger partial charge < -0.3 is 15.0 Å². The molecule has 3 aliphatic heterocycles. The molecule has 0 spiro atoms. The molecular weight excluding hydrogens is 188 g/mol. The molecule has 3 rings (SSSR count). The number of likely N-dealkylation sites (tertiary alicyclic amines) is 1. The standard InChI is InChI=1S/C12H22N2O/c1-2-12-8-14(5-3-11(1)13-12)7-10-4-6-15-9-10/h10-13H,1-9H2/t10-,11-,12+/m1/s1. The van der Waals surface area contributed by atoms with Crippen molar-refractivity contribution in [1.82, 2.24) is 10.2 Å². The van der Waals surface area contributed by atoms with Crippen molar-refractivity contribution < 1.29 is 4.74 Å². The molecule has 0 unspecified atom stereocenters. The smallest absolute Gasteiger partial charge is 0.0507 e. The largest absolute Gasteiger partial charge is 0.381 e. The van der Waals surface area contributed by atoms with Crippen molar-refractivity contribution in [2.75, 3.05) is 32.8 Å². The Labute approximate surface area is 92.2 Å². The fraction of sp³-hybridized carbons (Fsp3) is 1.00. The summed E-state index contributed by atoms with van der Waals surface area (Å²) in [5, 5.41) is 3.73. The van der Waals surface area contributed by atoms with Crippen molar-refractivity contribution in [3.8, 4) is 0 Å². The van der Waals surface area contributed by atoms with Crippen molar-refractivity contribution in [2.45, 2.75) is 37.8 Å². The monoisotopic (exact) mass is 210 g/mol. The number of ether oxygens (including phenoxy) is 1. The molecule has 3 saturated heterocycles. The van der Waals surface area contributed by atoms with E-state index in [9.17, 15) is 0 Å². The minimum absolute atomic E-state index is 0.778. The maximum atomic E-state index is 5.45. The van der Waals surface area contributed by atoms with Crippen LogP contribution in [0.1, 0.15) is 25.7 Å². The second-order valence-electron chi connectivity index (χ2n) is 5.42. The van der Waals surface area contributed by atoms with E-state index in [0.717, 1.165) is 31.2 Å². The van der Waals surface area contributed by atoms with Gasteiger partial charge in [0.25, 0.3) is 0 Å². The molecule has 86 valence electrons. The molecule has 0 aromatic carbocycles. The van der Waals surface area contributed by atoms with Gasteiger partial charge in [-0.25, -0.2) is 0 Å². The van der Waals surface area contributed by atoms with Crippen LogP contribution in [0.2, 0.25) is 0 Å². The molecule has 3 aliphatic rings. The van der Waals surface area contributed by atoms with E-state index in [0.29, 0.717) is 0 Å². The quantitative estimate of drug-likeness (QED) is 0.731. The average molecular weight is 210 g/mol. The summed E-state index contributed by atoms with van der Waals surface area (Å²) in [5.74, 6) is 0.807. The molecule has 3 atom stereocenters. The zero-order valence-electron chi connectivity index (χ0n) is 9.45. The van der Waals surface area contributed by atoms with Gasteiger partial charge in [0, 0.05) is 31.8 Å². The predicted octanol–water partition coefficient (Wildman–Crippen LogP) is 0.849. The molecule has 0 radical (unpaired) electrons. The summed E-state index contributed by atoms with van der Waals surface area (Å²) in [4.78, 5) is 2.66. The molecule has 3 heteroatoms. The number of nitrogens with one attached hydrogen (secondary N) is 1. The van der Waals surface area contributed by atoms with Crippen molar-refractivity contribution in [2.24, 2.45) is 5.92 Å². The summed E-state index contributed by atoms with van der Waals surface area (Å²) >= 11 is 0. The van der Waals surface area contributed by atoms with Crippen LogP contribution >= 0.6 is 0 Å². The fourth-order valence-corrected chi connectivity index (χ4v) is 3.27. The molecule has 0 saturated carbocycles. The molecule has 2 bridgehead atoms. The average Bonchev–Trinajstić information content (AvgIpc) is 2.80. The Morgan fingerprint density at radius 2 is 2.07 bits per heavy atom. The van der Waals surface area contributed by atoms with Gasteiger partial charge in [-0.3, -0.25) is 0 Å². The molecule has 15 heavy (non-hydrogen) atoms. The van der Waals surface area contributed by atoms with E-state index >= 15 is 0 Å². The van der Waals surface area contributed by atoms with E-state index in [4.69, 9.17) is 4.74 Å². The maximum Gasteiger partial charge on any atom is 0.0507 e. The normalized spacial score (nSPS) is 42.0. The Morgan fingerprint density at radius 3 is 2.93 bits per heavy atom. The first-order valence-corrected chi connectivity index (χ1v) is 6.46. The highest BCUT2D eigenvalue weighted by atomic mass is 16.5. The Hall–Kier alpha value is -0.120. The summed E-state index contributed by atoms with van der Waals surface area (Å²) in [6.07, 6.45) is 5.43. The topological polar surface area (TPSA) is 24.5 Å². The van der Waals surface area contributed by atoms with Crippen LogP contribution in [-0.4, -0.2) is 49.8 Å². The predicted molar refractivity (Wildman–Crippen MR) is 59.9 cm³/mol. The third-order valence-electron chi connectivity index (χ3n) is 4.15. The number of hydrogen-bond acceptors (Lipinski definition) is 3. The number of rotatable bonds is 2. The third kappa shape index (κ3) is 2.35. The second kappa shape index (κ2) is 4.40. The number of hydrogen-bond donors (Lipinski definition) is 1. The summed E-state index contributed by atoms with van der Waals surface area (Å²) in [5.41, 5.74) is 0. The lowest BCUT2D eigenvalue weighted by Gasteiger charge is -2.26. The van der Waals surface area contributed by atoms with Crippen LogP contribution in [0.25, 0.3) is 0 Å². The van der Waals surface area contributed by atoms with Gasteiger partial charge in [0.1, 0.15) is 0 Å². The first-order chi connectivity index (χ1) is 7.40. The summed E-state index contributed by atoms with van der Waals surface area (Å²) < 4.78 is 5.45. The highest BCUT2D eigenvalue weighted by Crippen LogP contribution is 2.22. The van der Waals surface area contributed by atoms with E-state index in [2.05, 4.69) is 10.2 Å². The van der Waals surface area contributed by atoms with E-state index in [1.165, 1.54) is 45.3 Å². The van der Waals surface area contributed by atoms with Crippen molar-refractivity contribution >= 4 is 0 Å². The van der Waals surface area contributed by atoms with E-state index in [-0.39, 0.29) is 0 Å². The first-order valence-electron chi connectivity index (χ1n) is 6.46. The first kappa shape index (κ1) is 10.1. The molecule has 0 amide bonds. The van der Waals surface area contributed by atoms with Gasteiger partial charge in [-0.1, -0.05) is 0 Å². The summed E-state index contributed by atoms with van der Waals surface area (Å²) in [6, 6.07) is 1.60. The molecule has 3 heterocycles. The van der Waals surface area contributed by atoms with Crippen LogP contribution in [-0.2, 0) is 4.74 Å². The van der Waals surface area contributed by atoms with Gasteiger partial charge in [-0.05, 0) is 38.1 Å². The SMILES string of the molecule is C1C[C@H](CN2CC[C@H]3CC[C@@H](C2)N3)CO1. The fourth-order valence-electron chi connectivity index (χ4n) is 3.27. The lowest BCUT2D eigenvalue weighted by atomic mass is 10.1. The van der Waals surface area contributed by atoms with Crippen LogP contribution in [0.4, 0.5) is 0 Å². The van der Waals surface area contributed by atoms with E-state index in [1.54, 1.807) is 0 Å². The molecule has 0 aliphatic carbocycles. The highest BCUT2D eigenvalue weighted by Gasteiger charge is 2.30. The Morgan fingerprint density at radius 1 is 1.13 bits per heavy atom. The van der Waals surface area contributed by atoms with Crippen LogP contribution in [0, 0.1) is 5.92 Å². The van der Waals surface area contributed by atoms with Crippen molar-refractivity contribution in [3.05, 3.63) is 0 Å². The van der Waals surface area contributed by atoms with Crippen LogP contribution < -0.4 is 5.32 Å². The van der Waals surface area contributed by atoms with Crippen LogP contribution in [0.15, 0.2) is 0 Å². The highest BCUT2D eigenvalue weighted by molar-refractivity contribution is 4.90. The molecule has 0 aromatic heterocycles. The molecule has 3 nitrogen and oxygen atoms in total. The van der Waals surface area contributed by atoms with Gasteiger partial charge in [0.2, 0.25) is 0 Å². The molecule has 0 aromatic rings. The zero-order valence-corrected chi connectivity index (χ0v) is 9.45. The summed E-state index contributed by atoms with van der Waals surface area (Å²) in [6.45, 7) is 5.82. The number of nitrogens with zero attached hydrogens (tertiary/aromatic N) is 1. The minimum atomic E-state index is 0.778. The van der Waals surface area contributed by atoms with Gasteiger partial charge in [0.15, 0.2) is 0 Å². The lowest BCUT2D eigenvalue weighted by Crippen LogP contribution is -2.38. The molecule has 3 fully saturated rings. The van der Waals surface area contributed by atoms with E-state index in [1.807, 2.05) is 0 Å². The van der Waals surface area contributed by atoms with Gasteiger partial charge in [0.05, 0.1) is 6.61 Å². The Kier molecular flexibility index (Phi) is 2.95. The minimum Gasteiger partial charge on any atom is -0.381 e. The van der Waals surface area contributed by atoms with Gasteiger partial charge in [-0.2, -0.15) is 0 Å². The Balaban J connectivity index is 1.53. The zero-order chi connectivity index (χ0) is 10.1. The lowest BCUT2D eigenvalue weighted by molar-refractivity contribution is 0.164. The number of fused-ring (bicyclic) bond motifs is 2.